The van der Waals surface area contributed by atoms with Gasteiger partial charge >= 0.3 is 0 Å². The Kier molecular flexibility index (Phi) is 4.37. The van der Waals surface area contributed by atoms with Crippen molar-refractivity contribution in [3.05, 3.63) is 41.0 Å². The standard InChI is InChI=1S/C14H18O2S/c1-12-14(10-6-3-7-11-16-12)17(15)13-8-4-2-5-9-13/h2,4-5,8-9H,3,6-7,10-11H2,1H3/b14-12+. The van der Waals surface area contributed by atoms with Crippen LogP contribution >= 0.6 is 0 Å². The Morgan fingerprint density at radius 2 is 1.88 bits per heavy atom. The number of benzene rings is 1. The highest BCUT2D eigenvalue weighted by atomic mass is 32.2. The molecule has 92 valence electrons. The quantitative estimate of drug-likeness (QED) is 0.801. The fourth-order valence-electron chi connectivity index (χ4n) is 1.96. The third-order valence-electron chi connectivity index (χ3n) is 2.94. The van der Waals surface area contributed by atoms with Crippen LogP contribution in [0.25, 0.3) is 0 Å². The lowest BCUT2D eigenvalue weighted by Gasteiger charge is -2.16. The van der Waals surface area contributed by atoms with Gasteiger partial charge in [0.2, 0.25) is 0 Å². The lowest BCUT2D eigenvalue weighted by Crippen LogP contribution is -2.06. The molecular weight excluding hydrogens is 232 g/mol. The van der Waals surface area contributed by atoms with Gasteiger partial charge in [0.15, 0.2) is 0 Å². The van der Waals surface area contributed by atoms with E-state index in [1.54, 1.807) is 0 Å². The highest BCUT2D eigenvalue weighted by Crippen LogP contribution is 2.25. The van der Waals surface area contributed by atoms with Gasteiger partial charge in [0, 0.05) is 4.90 Å². The number of rotatable bonds is 2. The van der Waals surface area contributed by atoms with Crippen LogP contribution in [0.1, 0.15) is 32.6 Å². The van der Waals surface area contributed by atoms with Gasteiger partial charge in [-0.25, -0.2) is 4.21 Å². The maximum absolute atomic E-state index is 12.4. The predicted octanol–water partition coefficient (Wildman–Crippen LogP) is 3.62. The van der Waals surface area contributed by atoms with Crippen LogP contribution in [0.4, 0.5) is 0 Å². The molecule has 2 nitrogen and oxygen atoms in total. The third kappa shape index (κ3) is 3.19. The van der Waals surface area contributed by atoms with Crippen molar-refractivity contribution >= 4 is 10.8 Å². The van der Waals surface area contributed by atoms with Crippen molar-refractivity contribution in [1.29, 1.82) is 0 Å². The summed E-state index contributed by atoms with van der Waals surface area (Å²) in [5.74, 6) is 0.854. The van der Waals surface area contributed by atoms with E-state index in [2.05, 4.69) is 0 Å². The van der Waals surface area contributed by atoms with Crippen LogP contribution in [0.2, 0.25) is 0 Å². The second-order valence-corrected chi connectivity index (χ2v) is 5.72. The van der Waals surface area contributed by atoms with E-state index in [1.807, 2.05) is 37.3 Å². The molecule has 0 amide bonds. The minimum absolute atomic E-state index is 0.751. The van der Waals surface area contributed by atoms with Crippen molar-refractivity contribution in [3.8, 4) is 0 Å². The second kappa shape index (κ2) is 6.01. The van der Waals surface area contributed by atoms with E-state index in [4.69, 9.17) is 4.74 Å². The number of hydrogen-bond donors (Lipinski definition) is 0. The summed E-state index contributed by atoms with van der Waals surface area (Å²) in [6.45, 7) is 2.68. The lowest BCUT2D eigenvalue weighted by molar-refractivity contribution is 0.200. The Bertz CT molecular complexity index is 423. The van der Waals surface area contributed by atoms with Gasteiger partial charge in [0.1, 0.15) is 5.76 Å². The predicted molar refractivity (Wildman–Crippen MR) is 70.0 cm³/mol. The highest BCUT2D eigenvalue weighted by Gasteiger charge is 2.15. The molecule has 1 aliphatic rings. The van der Waals surface area contributed by atoms with Crippen molar-refractivity contribution in [1.82, 2.24) is 0 Å². The molecule has 0 aromatic heterocycles. The molecule has 1 heterocycles. The molecule has 3 heteroatoms. The summed E-state index contributed by atoms with van der Waals surface area (Å²) >= 11 is 0. The third-order valence-corrected chi connectivity index (χ3v) is 4.58. The molecule has 1 atom stereocenters. The van der Waals surface area contributed by atoms with Crippen LogP contribution in [-0.2, 0) is 15.5 Å². The minimum atomic E-state index is -1.06. The molecule has 17 heavy (non-hydrogen) atoms. The number of allylic oxidation sites excluding steroid dienone is 2. The normalized spacial score (nSPS) is 23.4. The van der Waals surface area contributed by atoms with E-state index in [9.17, 15) is 4.21 Å². The largest absolute Gasteiger partial charge is 0.497 e. The number of hydrogen-bond acceptors (Lipinski definition) is 2. The van der Waals surface area contributed by atoms with Gasteiger partial charge in [-0.05, 0) is 44.7 Å². The molecule has 0 spiro atoms. The summed E-state index contributed by atoms with van der Waals surface area (Å²) in [6.07, 6.45) is 4.24. The Hall–Kier alpha value is -1.09. The fourth-order valence-corrected chi connectivity index (χ4v) is 3.29. The first-order valence-electron chi connectivity index (χ1n) is 6.08. The summed E-state index contributed by atoms with van der Waals surface area (Å²) in [5.41, 5.74) is 0. The average molecular weight is 250 g/mol. The highest BCUT2D eigenvalue weighted by molar-refractivity contribution is 7.89. The van der Waals surface area contributed by atoms with Crippen molar-refractivity contribution in [2.45, 2.75) is 37.5 Å². The zero-order valence-electron chi connectivity index (χ0n) is 10.1. The Balaban J connectivity index is 2.25. The molecule has 0 radical (unpaired) electrons. The van der Waals surface area contributed by atoms with Crippen LogP contribution in [0.3, 0.4) is 0 Å². The summed E-state index contributed by atoms with van der Waals surface area (Å²) in [5, 5.41) is 0. The van der Waals surface area contributed by atoms with Gasteiger partial charge in [0.05, 0.1) is 22.3 Å². The van der Waals surface area contributed by atoms with Crippen molar-refractivity contribution in [3.63, 3.8) is 0 Å². The molecule has 0 saturated carbocycles. The molecule has 0 saturated heterocycles. The van der Waals surface area contributed by atoms with Gasteiger partial charge in [-0.1, -0.05) is 18.2 Å². The first kappa shape index (κ1) is 12.4. The maximum Gasteiger partial charge on any atom is 0.105 e. The van der Waals surface area contributed by atoms with Gasteiger partial charge in [-0.15, -0.1) is 0 Å². The summed E-state index contributed by atoms with van der Waals surface area (Å²) in [7, 11) is -1.06. The van der Waals surface area contributed by atoms with Crippen LogP contribution in [0.5, 0.6) is 0 Å². The topological polar surface area (TPSA) is 26.3 Å². The molecule has 1 unspecified atom stereocenters. The Morgan fingerprint density at radius 1 is 1.12 bits per heavy atom. The average Bonchev–Trinajstić information content (AvgIpc) is 2.35. The molecular formula is C14H18O2S. The summed E-state index contributed by atoms with van der Waals surface area (Å²) in [6, 6.07) is 9.61. The summed E-state index contributed by atoms with van der Waals surface area (Å²) < 4.78 is 18.1. The molecule has 0 bridgehead atoms. The summed E-state index contributed by atoms with van der Waals surface area (Å²) in [4.78, 5) is 1.82. The Morgan fingerprint density at radius 3 is 2.65 bits per heavy atom. The van der Waals surface area contributed by atoms with Crippen molar-refractivity contribution < 1.29 is 8.95 Å². The maximum atomic E-state index is 12.4. The molecule has 0 aliphatic carbocycles. The van der Waals surface area contributed by atoms with E-state index in [-0.39, 0.29) is 0 Å². The van der Waals surface area contributed by atoms with Gasteiger partial charge in [0.25, 0.3) is 0 Å². The smallest absolute Gasteiger partial charge is 0.105 e. The zero-order valence-corrected chi connectivity index (χ0v) is 11.0. The zero-order chi connectivity index (χ0) is 12.1. The van der Waals surface area contributed by atoms with Crippen LogP contribution in [-0.4, -0.2) is 10.8 Å². The SMILES string of the molecule is C/C1=C(\S(=O)c2ccccc2)CCCCCO1. The minimum Gasteiger partial charge on any atom is -0.497 e. The second-order valence-electron chi connectivity index (χ2n) is 4.22. The molecule has 1 aliphatic heterocycles. The van der Waals surface area contributed by atoms with E-state index < -0.39 is 10.8 Å². The van der Waals surface area contributed by atoms with Crippen molar-refractivity contribution in [2.75, 3.05) is 6.61 Å². The first-order valence-corrected chi connectivity index (χ1v) is 7.23. The van der Waals surface area contributed by atoms with Crippen molar-refractivity contribution in [2.24, 2.45) is 0 Å². The molecule has 2 rings (SSSR count). The number of ether oxygens (including phenoxy) is 1. The first-order chi connectivity index (χ1) is 8.29. The van der Waals surface area contributed by atoms with E-state index in [0.29, 0.717) is 0 Å². The fraction of sp³-hybridized carbons (Fsp3) is 0.429. The van der Waals surface area contributed by atoms with Gasteiger partial charge in [-0.2, -0.15) is 0 Å². The van der Waals surface area contributed by atoms with Crippen LogP contribution in [0.15, 0.2) is 45.9 Å². The van der Waals surface area contributed by atoms with E-state index in [0.717, 1.165) is 47.8 Å². The molecule has 1 aromatic carbocycles. The molecule has 0 fully saturated rings. The Labute approximate surface area is 105 Å². The van der Waals surface area contributed by atoms with Crippen LogP contribution < -0.4 is 0 Å². The molecule has 1 aromatic rings. The van der Waals surface area contributed by atoms with Crippen LogP contribution in [0, 0.1) is 0 Å². The van der Waals surface area contributed by atoms with Gasteiger partial charge < -0.3 is 4.74 Å². The van der Waals surface area contributed by atoms with Gasteiger partial charge in [-0.3, -0.25) is 0 Å². The van der Waals surface area contributed by atoms with E-state index >= 15 is 0 Å². The lowest BCUT2D eigenvalue weighted by atomic mass is 10.1. The monoisotopic (exact) mass is 250 g/mol. The molecule has 0 N–H and O–H groups in total. The van der Waals surface area contributed by atoms with E-state index in [1.165, 1.54) is 0 Å².